The van der Waals surface area contributed by atoms with E-state index < -0.39 is 0 Å². The van der Waals surface area contributed by atoms with E-state index in [9.17, 15) is 0 Å². The minimum atomic E-state index is 0.400. The maximum atomic E-state index is 5.14. The van der Waals surface area contributed by atoms with Crippen LogP contribution in [0, 0.1) is 5.92 Å². The fourth-order valence-corrected chi connectivity index (χ4v) is 1.14. The number of rotatable bonds is 3. The molecule has 0 N–H and O–H groups in total. The Morgan fingerprint density at radius 3 is 2.91 bits per heavy atom. The highest BCUT2D eigenvalue weighted by Gasteiger charge is 2.26. The first-order valence-corrected chi connectivity index (χ1v) is 3.94. The summed E-state index contributed by atoms with van der Waals surface area (Å²) in [6.07, 6.45) is 4.40. The summed E-state index contributed by atoms with van der Waals surface area (Å²) >= 11 is 0. The quantitative estimate of drug-likeness (QED) is 0.455. The van der Waals surface area contributed by atoms with Gasteiger partial charge in [0.05, 0.1) is 6.61 Å². The van der Waals surface area contributed by atoms with Crippen molar-refractivity contribution in [1.29, 1.82) is 0 Å². The molecule has 2 unspecified atom stereocenters. The first-order chi connectivity index (χ1) is 5.27. The van der Waals surface area contributed by atoms with Gasteiger partial charge in [0, 0.05) is 5.92 Å². The second-order valence-corrected chi connectivity index (χ2v) is 3.16. The van der Waals surface area contributed by atoms with Gasteiger partial charge in [-0.2, -0.15) is 0 Å². The van der Waals surface area contributed by atoms with E-state index in [2.05, 4.69) is 19.9 Å². The molecule has 0 spiro atoms. The van der Waals surface area contributed by atoms with Crippen LogP contribution in [0.1, 0.15) is 13.8 Å². The Labute approximate surface area is 66.5 Å². The van der Waals surface area contributed by atoms with Gasteiger partial charge in [0.1, 0.15) is 18.1 Å². The monoisotopic (exact) mass is 152 g/mol. The molecule has 2 heteroatoms. The molecule has 1 fully saturated rings. The third-order valence-electron chi connectivity index (χ3n) is 2.06. The lowest BCUT2D eigenvalue weighted by atomic mass is 10.1. The lowest BCUT2D eigenvalue weighted by molar-refractivity contribution is 0.429. The molecule has 0 aromatic carbocycles. The van der Waals surface area contributed by atoms with E-state index >= 15 is 0 Å². The second kappa shape index (κ2) is 2.38. The van der Waals surface area contributed by atoms with Gasteiger partial charge in [0.25, 0.3) is 0 Å². The van der Waals surface area contributed by atoms with Crippen LogP contribution in [0.5, 0.6) is 0 Å². The summed E-state index contributed by atoms with van der Waals surface area (Å²) in [4.78, 5) is 0. The number of allylic oxidation sites excluding steroid dienone is 1. The summed E-state index contributed by atoms with van der Waals surface area (Å²) in [5, 5.41) is 0. The first-order valence-electron chi connectivity index (χ1n) is 3.94. The molecule has 1 saturated heterocycles. The van der Waals surface area contributed by atoms with Gasteiger partial charge in [-0.15, -0.1) is 0 Å². The molecule has 0 aromatic heterocycles. The molecule has 2 aliphatic heterocycles. The second-order valence-electron chi connectivity index (χ2n) is 3.16. The van der Waals surface area contributed by atoms with E-state index in [0.717, 1.165) is 12.4 Å². The smallest absolute Gasteiger partial charge is 0.145 e. The zero-order valence-electron chi connectivity index (χ0n) is 6.83. The fraction of sp³-hybridized carbons (Fsp3) is 0.556. The number of ether oxygens (including phenoxy) is 2. The zero-order chi connectivity index (χ0) is 7.84. The largest absolute Gasteiger partial charge is 0.462 e. The van der Waals surface area contributed by atoms with Crippen molar-refractivity contribution in [1.82, 2.24) is 0 Å². The lowest BCUT2D eigenvalue weighted by Crippen LogP contribution is -1.93. The van der Waals surface area contributed by atoms with Crippen molar-refractivity contribution < 1.29 is 9.47 Å². The Hall–Kier alpha value is -0.760. The van der Waals surface area contributed by atoms with Crippen molar-refractivity contribution >= 4 is 0 Å². The Bertz CT molecular complexity index is 224. The molecule has 0 aromatic rings. The Balaban J connectivity index is 1.93. The fourth-order valence-electron chi connectivity index (χ4n) is 1.14. The van der Waals surface area contributed by atoms with Crippen molar-refractivity contribution in [3.63, 3.8) is 0 Å². The van der Waals surface area contributed by atoms with Crippen LogP contribution in [-0.2, 0) is 9.47 Å². The number of hydrogen-bond donors (Lipinski definition) is 0. The minimum Gasteiger partial charge on any atom is -0.462 e. The zero-order valence-corrected chi connectivity index (χ0v) is 6.83. The SMILES string of the molecule is CC(=CC(C)C1=CO1)C1CO1. The predicted octanol–water partition coefficient (Wildman–Crippen LogP) is 1.84. The summed E-state index contributed by atoms with van der Waals surface area (Å²) in [5.74, 6) is 1.52. The van der Waals surface area contributed by atoms with Gasteiger partial charge < -0.3 is 9.47 Å². The van der Waals surface area contributed by atoms with Crippen molar-refractivity contribution in [2.45, 2.75) is 20.0 Å². The van der Waals surface area contributed by atoms with E-state index in [1.165, 1.54) is 5.57 Å². The molecule has 2 nitrogen and oxygen atoms in total. The standard InChI is InChI=1S/C9H12O2/c1-6(8-4-10-8)3-7(2)9-5-11-9/h3-4,6,9H,5H2,1-2H3. The van der Waals surface area contributed by atoms with Crippen LogP contribution in [0.25, 0.3) is 0 Å². The highest BCUT2D eigenvalue weighted by Crippen LogP contribution is 2.28. The average molecular weight is 152 g/mol. The summed E-state index contributed by atoms with van der Waals surface area (Å²) in [5.41, 5.74) is 1.33. The maximum absolute atomic E-state index is 5.14. The van der Waals surface area contributed by atoms with E-state index in [-0.39, 0.29) is 0 Å². The highest BCUT2D eigenvalue weighted by molar-refractivity contribution is 5.19. The molecule has 0 radical (unpaired) electrons. The molecule has 2 rings (SSSR count). The first kappa shape index (κ1) is 6.92. The van der Waals surface area contributed by atoms with Gasteiger partial charge in [0.2, 0.25) is 0 Å². The maximum Gasteiger partial charge on any atom is 0.145 e. The van der Waals surface area contributed by atoms with Crippen molar-refractivity contribution in [2.75, 3.05) is 6.61 Å². The van der Waals surface area contributed by atoms with Gasteiger partial charge in [0.15, 0.2) is 0 Å². The molecule has 0 saturated carbocycles. The van der Waals surface area contributed by atoms with Crippen LogP contribution in [0.15, 0.2) is 23.7 Å². The molecule has 60 valence electrons. The molecule has 0 amide bonds. The van der Waals surface area contributed by atoms with Gasteiger partial charge in [-0.3, -0.25) is 0 Å². The molecular weight excluding hydrogens is 140 g/mol. The summed E-state index contributed by atoms with van der Waals surface area (Å²) in [6.45, 7) is 5.14. The normalized spacial score (nSPS) is 30.5. The number of epoxide rings is 1. The van der Waals surface area contributed by atoms with E-state index in [1.807, 2.05) is 0 Å². The Morgan fingerprint density at radius 1 is 1.82 bits per heavy atom. The summed E-state index contributed by atoms with van der Waals surface area (Å²) < 4.78 is 10.1. The summed E-state index contributed by atoms with van der Waals surface area (Å²) in [6, 6.07) is 0. The van der Waals surface area contributed by atoms with Crippen LogP contribution < -0.4 is 0 Å². The molecule has 2 aliphatic rings. The van der Waals surface area contributed by atoms with E-state index in [4.69, 9.17) is 9.47 Å². The van der Waals surface area contributed by atoms with Gasteiger partial charge in [-0.05, 0) is 12.5 Å². The average Bonchev–Trinajstić information content (AvgIpc) is 2.84. The topological polar surface area (TPSA) is 25.1 Å². The van der Waals surface area contributed by atoms with Crippen LogP contribution in [-0.4, -0.2) is 12.7 Å². The molecule has 11 heavy (non-hydrogen) atoms. The highest BCUT2D eigenvalue weighted by atomic mass is 16.6. The van der Waals surface area contributed by atoms with Crippen LogP contribution >= 0.6 is 0 Å². The van der Waals surface area contributed by atoms with Crippen molar-refractivity contribution in [3.8, 4) is 0 Å². The Morgan fingerprint density at radius 2 is 2.45 bits per heavy atom. The van der Waals surface area contributed by atoms with Crippen LogP contribution in [0.3, 0.4) is 0 Å². The molecule has 0 aliphatic carbocycles. The third-order valence-corrected chi connectivity index (χ3v) is 2.06. The van der Waals surface area contributed by atoms with Crippen molar-refractivity contribution in [3.05, 3.63) is 23.7 Å². The van der Waals surface area contributed by atoms with E-state index in [0.29, 0.717) is 12.0 Å². The molecule has 2 atom stereocenters. The van der Waals surface area contributed by atoms with Gasteiger partial charge >= 0.3 is 0 Å². The summed E-state index contributed by atoms with van der Waals surface area (Å²) in [7, 11) is 0. The van der Waals surface area contributed by atoms with Crippen LogP contribution in [0.2, 0.25) is 0 Å². The van der Waals surface area contributed by atoms with Gasteiger partial charge in [-0.25, -0.2) is 0 Å². The lowest BCUT2D eigenvalue weighted by Gasteiger charge is -1.99. The van der Waals surface area contributed by atoms with Crippen molar-refractivity contribution in [2.24, 2.45) is 5.92 Å². The van der Waals surface area contributed by atoms with Crippen LogP contribution in [0.4, 0.5) is 0 Å². The molecular formula is C9H12O2. The Kier molecular flexibility index (Phi) is 1.50. The minimum absolute atomic E-state index is 0.400. The molecule has 2 heterocycles. The van der Waals surface area contributed by atoms with Gasteiger partial charge in [-0.1, -0.05) is 13.0 Å². The number of hydrogen-bond acceptors (Lipinski definition) is 2. The van der Waals surface area contributed by atoms with E-state index in [1.54, 1.807) is 6.26 Å². The predicted molar refractivity (Wildman–Crippen MR) is 41.8 cm³/mol. The molecule has 0 bridgehead atoms. The third kappa shape index (κ3) is 1.63.